The van der Waals surface area contributed by atoms with Crippen LogP contribution in [0.15, 0.2) is 42.9 Å². The van der Waals surface area contributed by atoms with Crippen LogP contribution in [0.5, 0.6) is 0 Å². The van der Waals surface area contributed by atoms with Gasteiger partial charge in [-0.25, -0.2) is 4.98 Å². The highest BCUT2D eigenvalue weighted by molar-refractivity contribution is 6.05. The van der Waals surface area contributed by atoms with Crippen molar-refractivity contribution in [2.45, 2.75) is 0 Å². The molecule has 0 saturated heterocycles. The lowest BCUT2D eigenvalue weighted by Gasteiger charge is -2.16. The van der Waals surface area contributed by atoms with Crippen LogP contribution < -0.4 is 4.90 Å². The van der Waals surface area contributed by atoms with Crippen LogP contribution in [0.25, 0.3) is 0 Å². The zero-order valence-corrected chi connectivity index (χ0v) is 10.9. The first-order valence-corrected chi connectivity index (χ1v) is 5.97. The molecule has 0 aliphatic carbocycles. The lowest BCUT2D eigenvalue weighted by Crippen LogP contribution is -2.28. The number of anilines is 1. The van der Waals surface area contributed by atoms with Gasteiger partial charge in [-0.05, 0) is 24.3 Å². The van der Waals surface area contributed by atoms with Crippen molar-refractivity contribution in [3.05, 3.63) is 54.1 Å². The van der Waals surface area contributed by atoms with E-state index in [1.807, 2.05) is 0 Å². The lowest BCUT2D eigenvalue weighted by atomic mass is 10.1. The summed E-state index contributed by atoms with van der Waals surface area (Å²) in [5.41, 5.74) is 1.41. The van der Waals surface area contributed by atoms with E-state index in [1.165, 1.54) is 11.1 Å². The minimum Gasteiger partial charge on any atom is -0.384 e. The van der Waals surface area contributed by atoms with Gasteiger partial charge in [-0.3, -0.25) is 9.78 Å². The molecule has 2 heterocycles. The Kier molecular flexibility index (Phi) is 4.43. The Morgan fingerprint density at radius 3 is 2.85 bits per heavy atom. The number of carbonyl (C=O) groups excluding carboxylic acids is 1. The lowest BCUT2D eigenvalue weighted by molar-refractivity contribution is 0.0988. The van der Waals surface area contributed by atoms with Gasteiger partial charge in [-0.2, -0.15) is 0 Å². The highest BCUT2D eigenvalue weighted by Crippen LogP contribution is 2.14. The van der Waals surface area contributed by atoms with E-state index in [9.17, 15) is 4.79 Å². The molecule has 0 atom stereocenters. The molecule has 5 nitrogen and oxygen atoms in total. The highest BCUT2D eigenvalue weighted by Gasteiger charge is 2.17. The summed E-state index contributed by atoms with van der Waals surface area (Å²) in [6.45, 7) is -0.263. The van der Waals surface area contributed by atoms with Crippen molar-refractivity contribution < 1.29 is 9.90 Å². The minimum atomic E-state index is -0.277. The predicted molar refractivity (Wildman–Crippen MR) is 75.2 cm³/mol. The Balaban J connectivity index is 2.34. The van der Waals surface area contributed by atoms with Crippen LogP contribution >= 0.6 is 0 Å². The molecule has 100 valence electrons. The first kappa shape index (κ1) is 13.7. The maximum atomic E-state index is 12.4. The SMILES string of the molecule is CN(C(=O)c1ncccc1C#CCO)c1cccnc1. The molecule has 2 aromatic rings. The fourth-order valence-electron chi connectivity index (χ4n) is 1.64. The molecule has 2 aromatic heterocycles. The number of hydrogen-bond acceptors (Lipinski definition) is 4. The number of amides is 1. The standard InChI is InChI=1S/C15H13N3O2/c1-18(13-7-3-8-16-11-13)15(20)14-12(6-4-10-19)5-2-9-17-14/h2-3,5,7-9,11,19H,10H2,1H3. The Labute approximate surface area is 116 Å². The van der Waals surface area contributed by atoms with Gasteiger partial charge in [0.05, 0.1) is 17.4 Å². The molecule has 0 aliphatic heterocycles. The molecule has 0 fully saturated rings. The summed E-state index contributed by atoms with van der Waals surface area (Å²) >= 11 is 0. The van der Waals surface area contributed by atoms with E-state index in [0.717, 1.165) is 0 Å². The number of aliphatic hydroxyl groups excluding tert-OH is 1. The number of pyridine rings is 2. The van der Waals surface area contributed by atoms with E-state index in [1.54, 1.807) is 43.7 Å². The molecule has 0 aliphatic rings. The Hall–Kier alpha value is -2.71. The van der Waals surface area contributed by atoms with E-state index in [-0.39, 0.29) is 18.2 Å². The summed E-state index contributed by atoms with van der Waals surface area (Å²) in [5.74, 6) is 4.97. The van der Waals surface area contributed by atoms with Crippen LogP contribution in [-0.4, -0.2) is 34.6 Å². The van der Waals surface area contributed by atoms with E-state index in [4.69, 9.17) is 5.11 Å². The van der Waals surface area contributed by atoms with E-state index < -0.39 is 0 Å². The van der Waals surface area contributed by atoms with Crippen LogP contribution in [-0.2, 0) is 0 Å². The third kappa shape index (κ3) is 2.99. The third-order valence-electron chi connectivity index (χ3n) is 2.65. The predicted octanol–water partition coefficient (Wildman–Crippen LogP) is 1.10. The summed E-state index contributed by atoms with van der Waals surface area (Å²) < 4.78 is 0. The van der Waals surface area contributed by atoms with Gasteiger partial charge in [0.1, 0.15) is 12.3 Å². The minimum absolute atomic E-state index is 0.250. The smallest absolute Gasteiger partial charge is 0.277 e. The second kappa shape index (κ2) is 6.45. The Bertz CT molecular complexity index is 660. The maximum absolute atomic E-state index is 12.4. The van der Waals surface area contributed by atoms with Crippen molar-refractivity contribution in [3.8, 4) is 11.8 Å². The first-order valence-electron chi connectivity index (χ1n) is 5.97. The summed E-state index contributed by atoms with van der Waals surface area (Å²) in [6, 6.07) is 6.93. The number of carbonyl (C=O) groups is 1. The Morgan fingerprint density at radius 1 is 1.35 bits per heavy atom. The van der Waals surface area contributed by atoms with Crippen LogP contribution in [0, 0.1) is 11.8 Å². The molecule has 0 unspecified atom stereocenters. The van der Waals surface area contributed by atoms with Gasteiger partial charge in [-0.1, -0.05) is 11.8 Å². The fourth-order valence-corrected chi connectivity index (χ4v) is 1.64. The Morgan fingerprint density at radius 2 is 2.15 bits per heavy atom. The number of aliphatic hydroxyl groups is 1. The molecule has 5 heteroatoms. The quantitative estimate of drug-likeness (QED) is 0.827. The monoisotopic (exact) mass is 267 g/mol. The normalized spacial score (nSPS) is 9.50. The molecule has 0 bridgehead atoms. The van der Waals surface area contributed by atoms with Gasteiger partial charge in [0.2, 0.25) is 0 Å². The number of nitrogens with zero attached hydrogens (tertiary/aromatic N) is 3. The number of aromatic nitrogens is 2. The highest BCUT2D eigenvalue weighted by atomic mass is 16.2. The van der Waals surface area contributed by atoms with Crippen molar-refractivity contribution in [2.75, 3.05) is 18.6 Å². The molecular formula is C15H13N3O2. The molecular weight excluding hydrogens is 254 g/mol. The molecule has 1 amide bonds. The zero-order valence-electron chi connectivity index (χ0n) is 10.9. The van der Waals surface area contributed by atoms with Gasteiger partial charge < -0.3 is 10.0 Å². The van der Waals surface area contributed by atoms with Gasteiger partial charge >= 0.3 is 0 Å². The second-order valence-corrected chi connectivity index (χ2v) is 3.93. The molecule has 1 N–H and O–H groups in total. The summed E-state index contributed by atoms with van der Waals surface area (Å²) in [5, 5.41) is 8.75. The van der Waals surface area contributed by atoms with Gasteiger partial charge in [-0.15, -0.1) is 0 Å². The fraction of sp³-hybridized carbons (Fsp3) is 0.133. The maximum Gasteiger partial charge on any atom is 0.277 e. The van der Waals surface area contributed by atoms with Crippen LogP contribution in [0.4, 0.5) is 5.69 Å². The summed E-state index contributed by atoms with van der Waals surface area (Å²) in [4.78, 5) is 22.0. The van der Waals surface area contributed by atoms with Crippen molar-refractivity contribution in [1.82, 2.24) is 9.97 Å². The zero-order chi connectivity index (χ0) is 14.4. The van der Waals surface area contributed by atoms with E-state index >= 15 is 0 Å². The average Bonchev–Trinajstić information content (AvgIpc) is 2.52. The molecule has 0 radical (unpaired) electrons. The molecule has 0 saturated carbocycles. The molecule has 20 heavy (non-hydrogen) atoms. The van der Waals surface area contributed by atoms with Crippen molar-refractivity contribution in [2.24, 2.45) is 0 Å². The first-order chi connectivity index (χ1) is 9.74. The summed E-state index contributed by atoms with van der Waals surface area (Å²) in [7, 11) is 1.65. The topological polar surface area (TPSA) is 66.3 Å². The summed E-state index contributed by atoms with van der Waals surface area (Å²) in [6.07, 6.45) is 4.77. The van der Waals surface area contributed by atoms with E-state index in [0.29, 0.717) is 11.3 Å². The van der Waals surface area contributed by atoms with Crippen molar-refractivity contribution >= 4 is 11.6 Å². The van der Waals surface area contributed by atoms with Crippen molar-refractivity contribution in [3.63, 3.8) is 0 Å². The molecule has 0 aromatic carbocycles. The molecule has 2 rings (SSSR count). The second-order valence-electron chi connectivity index (χ2n) is 3.93. The molecule has 0 spiro atoms. The third-order valence-corrected chi connectivity index (χ3v) is 2.65. The van der Waals surface area contributed by atoms with Crippen LogP contribution in [0.1, 0.15) is 16.1 Å². The van der Waals surface area contributed by atoms with Gasteiger partial charge in [0.15, 0.2) is 0 Å². The number of hydrogen-bond donors (Lipinski definition) is 1. The van der Waals surface area contributed by atoms with Crippen LogP contribution in [0.3, 0.4) is 0 Å². The van der Waals surface area contributed by atoms with Gasteiger partial charge in [0, 0.05) is 19.4 Å². The van der Waals surface area contributed by atoms with Crippen LogP contribution in [0.2, 0.25) is 0 Å². The average molecular weight is 267 g/mol. The van der Waals surface area contributed by atoms with Gasteiger partial charge in [0.25, 0.3) is 5.91 Å². The van der Waals surface area contributed by atoms with Crippen molar-refractivity contribution in [1.29, 1.82) is 0 Å². The number of rotatable bonds is 2. The largest absolute Gasteiger partial charge is 0.384 e. The van der Waals surface area contributed by atoms with E-state index in [2.05, 4.69) is 21.8 Å².